The van der Waals surface area contributed by atoms with E-state index in [2.05, 4.69) is 18.7 Å². The van der Waals surface area contributed by atoms with Crippen molar-refractivity contribution in [3.8, 4) is 0 Å². The molecule has 0 spiro atoms. The van der Waals surface area contributed by atoms with E-state index in [0.29, 0.717) is 6.04 Å². The summed E-state index contributed by atoms with van der Waals surface area (Å²) in [7, 11) is 0. The van der Waals surface area contributed by atoms with Gasteiger partial charge in [-0.2, -0.15) is 0 Å². The van der Waals surface area contributed by atoms with Crippen molar-refractivity contribution < 1.29 is 0 Å². The van der Waals surface area contributed by atoms with Crippen molar-refractivity contribution in [1.82, 2.24) is 4.90 Å². The molecule has 2 nitrogen and oxygen atoms in total. The standard InChI is InChI=1S/C14H28N2/c1-11-4-3-5-13(8-11)16-7-6-12(2)9-14(16)10-15/h11-14H,3-10,15H2,1-2H3. The van der Waals surface area contributed by atoms with Gasteiger partial charge in [-0.15, -0.1) is 0 Å². The lowest BCUT2D eigenvalue weighted by Gasteiger charge is -2.45. The second-order valence-corrected chi connectivity index (χ2v) is 6.18. The van der Waals surface area contributed by atoms with Crippen LogP contribution in [-0.2, 0) is 0 Å². The van der Waals surface area contributed by atoms with E-state index in [1.807, 2.05) is 0 Å². The molecule has 0 amide bonds. The largest absolute Gasteiger partial charge is 0.329 e. The number of nitrogens with two attached hydrogens (primary N) is 1. The van der Waals surface area contributed by atoms with Gasteiger partial charge in [-0.1, -0.05) is 26.7 Å². The molecular formula is C14H28N2. The van der Waals surface area contributed by atoms with Crippen molar-refractivity contribution in [1.29, 1.82) is 0 Å². The minimum Gasteiger partial charge on any atom is -0.329 e. The van der Waals surface area contributed by atoms with Crippen LogP contribution in [0.15, 0.2) is 0 Å². The summed E-state index contributed by atoms with van der Waals surface area (Å²) in [5.74, 6) is 1.81. The zero-order valence-electron chi connectivity index (χ0n) is 11.0. The van der Waals surface area contributed by atoms with Crippen molar-refractivity contribution in [3.05, 3.63) is 0 Å². The van der Waals surface area contributed by atoms with Crippen LogP contribution in [0.1, 0.15) is 52.4 Å². The minimum absolute atomic E-state index is 0.666. The van der Waals surface area contributed by atoms with Crippen molar-refractivity contribution in [2.75, 3.05) is 13.1 Å². The van der Waals surface area contributed by atoms with E-state index in [4.69, 9.17) is 5.73 Å². The summed E-state index contributed by atoms with van der Waals surface area (Å²) in [5, 5.41) is 0. The molecule has 0 bridgehead atoms. The fraction of sp³-hybridized carbons (Fsp3) is 1.00. The van der Waals surface area contributed by atoms with Gasteiger partial charge in [0.25, 0.3) is 0 Å². The highest BCUT2D eigenvalue weighted by Crippen LogP contribution is 2.32. The maximum atomic E-state index is 5.96. The Morgan fingerprint density at radius 1 is 1.06 bits per heavy atom. The molecule has 0 radical (unpaired) electrons. The molecule has 1 aliphatic heterocycles. The number of likely N-dealkylation sites (tertiary alicyclic amines) is 1. The fourth-order valence-electron chi connectivity index (χ4n) is 3.69. The molecule has 2 aliphatic rings. The molecule has 0 aromatic carbocycles. The van der Waals surface area contributed by atoms with E-state index in [0.717, 1.165) is 24.4 Å². The second-order valence-electron chi connectivity index (χ2n) is 6.18. The lowest BCUT2D eigenvalue weighted by atomic mass is 9.83. The molecule has 16 heavy (non-hydrogen) atoms. The Balaban J connectivity index is 1.95. The summed E-state index contributed by atoms with van der Waals surface area (Å²) >= 11 is 0. The van der Waals surface area contributed by atoms with E-state index in [-0.39, 0.29) is 0 Å². The molecule has 2 N–H and O–H groups in total. The molecule has 0 aromatic rings. The summed E-state index contributed by atoms with van der Waals surface area (Å²) in [5.41, 5.74) is 5.96. The summed E-state index contributed by atoms with van der Waals surface area (Å²) < 4.78 is 0. The van der Waals surface area contributed by atoms with Gasteiger partial charge < -0.3 is 5.73 Å². The van der Waals surface area contributed by atoms with Gasteiger partial charge in [0, 0.05) is 18.6 Å². The highest BCUT2D eigenvalue weighted by molar-refractivity contribution is 4.88. The summed E-state index contributed by atoms with van der Waals surface area (Å²) in [6.07, 6.45) is 8.38. The smallest absolute Gasteiger partial charge is 0.0223 e. The third-order valence-corrected chi connectivity index (χ3v) is 4.67. The highest BCUT2D eigenvalue weighted by Gasteiger charge is 2.32. The van der Waals surface area contributed by atoms with E-state index < -0.39 is 0 Å². The van der Waals surface area contributed by atoms with Gasteiger partial charge in [-0.05, 0) is 44.1 Å². The number of piperidine rings is 1. The Kier molecular flexibility index (Phi) is 4.26. The molecule has 4 unspecified atom stereocenters. The highest BCUT2D eigenvalue weighted by atomic mass is 15.2. The first-order chi connectivity index (χ1) is 7.70. The first-order valence-electron chi connectivity index (χ1n) is 7.16. The zero-order valence-corrected chi connectivity index (χ0v) is 11.0. The molecule has 4 atom stereocenters. The van der Waals surface area contributed by atoms with Gasteiger partial charge >= 0.3 is 0 Å². The molecule has 1 heterocycles. The lowest BCUT2D eigenvalue weighted by molar-refractivity contribution is 0.0475. The maximum Gasteiger partial charge on any atom is 0.0223 e. The van der Waals surface area contributed by atoms with Crippen molar-refractivity contribution in [3.63, 3.8) is 0 Å². The van der Waals surface area contributed by atoms with Crippen molar-refractivity contribution in [2.45, 2.75) is 64.5 Å². The first kappa shape index (κ1) is 12.4. The van der Waals surface area contributed by atoms with Gasteiger partial charge in [0.2, 0.25) is 0 Å². The molecule has 1 saturated carbocycles. The average Bonchev–Trinajstić information content (AvgIpc) is 2.28. The Morgan fingerprint density at radius 3 is 2.50 bits per heavy atom. The van der Waals surface area contributed by atoms with Crippen molar-refractivity contribution in [2.24, 2.45) is 17.6 Å². The Hall–Kier alpha value is -0.0800. The van der Waals surface area contributed by atoms with Crippen LogP contribution in [-0.4, -0.2) is 30.1 Å². The normalized spacial score (nSPS) is 42.2. The van der Waals surface area contributed by atoms with Crippen LogP contribution in [0.25, 0.3) is 0 Å². The predicted octanol–water partition coefficient (Wildman–Crippen LogP) is 2.62. The van der Waals surface area contributed by atoms with Gasteiger partial charge in [-0.3, -0.25) is 4.90 Å². The number of hydrogen-bond donors (Lipinski definition) is 1. The number of nitrogens with zero attached hydrogens (tertiary/aromatic N) is 1. The van der Waals surface area contributed by atoms with Crippen LogP contribution in [0, 0.1) is 11.8 Å². The zero-order chi connectivity index (χ0) is 11.5. The van der Waals surface area contributed by atoms with E-state index >= 15 is 0 Å². The van der Waals surface area contributed by atoms with E-state index in [1.54, 1.807) is 0 Å². The number of rotatable bonds is 2. The van der Waals surface area contributed by atoms with Gasteiger partial charge in [0.05, 0.1) is 0 Å². The van der Waals surface area contributed by atoms with Crippen molar-refractivity contribution >= 4 is 0 Å². The molecule has 1 aliphatic carbocycles. The summed E-state index contributed by atoms with van der Waals surface area (Å²) in [4.78, 5) is 2.75. The fourth-order valence-corrected chi connectivity index (χ4v) is 3.69. The maximum absolute atomic E-state index is 5.96. The lowest BCUT2D eigenvalue weighted by Crippen LogP contribution is -2.52. The second kappa shape index (κ2) is 5.50. The van der Waals surface area contributed by atoms with Gasteiger partial charge in [0.1, 0.15) is 0 Å². The average molecular weight is 224 g/mol. The Bertz CT molecular complexity index is 217. The molecule has 1 saturated heterocycles. The van der Waals surface area contributed by atoms with E-state index in [1.165, 1.54) is 45.1 Å². The summed E-state index contributed by atoms with van der Waals surface area (Å²) in [6, 6.07) is 1.50. The molecule has 0 aromatic heterocycles. The van der Waals surface area contributed by atoms with Crippen LogP contribution in [0.5, 0.6) is 0 Å². The SMILES string of the molecule is CC1CCN(C2CCCC(C)C2)C(CN)C1. The predicted molar refractivity (Wildman–Crippen MR) is 69.4 cm³/mol. The number of hydrogen-bond acceptors (Lipinski definition) is 2. The van der Waals surface area contributed by atoms with Gasteiger partial charge in [0.15, 0.2) is 0 Å². The third-order valence-electron chi connectivity index (χ3n) is 4.67. The van der Waals surface area contributed by atoms with Crippen LogP contribution >= 0.6 is 0 Å². The summed E-state index contributed by atoms with van der Waals surface area (Å²) in [6.45, 7) is 6.94. The molecule has 2 heteroatoms. The van der Waals surface area contributed by atoms with Crippen LogP contribution < -0.4 is 5.73 Å². The third kappa shape index (κ3) is 2.78. The topological polar surface area (TPSA) is 29.3 Å². The molecule has 2 fully saturated rings. The van der Waals surface area contributed by atoms with E-state index in [9.17, 15) is 0 Å². The monoisotopic (exact) mass is 224 g/mol. The van der Waals surface area contributed by atoms with Gasteiger partial charge in [-0.25, -0.2) is 0 Å². The van der Waals surface area contributed by atoms with Crippen LogP contribution in [0.4, 0.5) is 0 Å². The van der Waals surface area contributed by atoms with Crippen LogP contribution in [0.2, 0.25) is 0 Å². The molecule has 94 valence electrons. The molecular weight excluding hydrogens is 196 g/mol. The Labute approximate surface area is 101 Å². The quantitative estimate of drug-likeness (QED) is 0.781. The van der Waals surface area contributed by atoms with Crippen LogP contribution in [0.3, 0.4) is 0 Å². The first-order valence-corrected chi connectivity index (χ1v) is 7.16. The Morgan fingerprint density at radius 2 is 1.81 bits per heavy atom. The minimum atomic E-state index is 0.666. The molecule has 2 rings (SSSR count).